The van der Waals surface area contributed by atoms with Gasteiger partial charge in [0.2, 0.25) is 0 Å². The fraction of sp³-hybridized carbons (Fsp3) is 0.455. The topological polar surface area (TPSA) is 55.2 Å². The van der Waals surface area contributed by atoms with Crippen molar-refractivity contribution in [1.82, 2.24) is 0 Å². The maximum absolute atomic E-state index is 10.5. The molecule has 0 aliphatic heterocycles. The molecule has 1 unspecified atom stereocenters. The molecule has 4 nitrogen and oxygen atoms in total. The van der Waals surface area contributed by atoms with E-state index in [9.17, 15) is 10.1 Å². The highest BCUT2D eigenvalue weighted by atomic mass is 35.5. The van der Waals surface area contributed by atoms with E-state index < -0.39 is 4.92 Å². The number of nitrogens with zero attached hydrogens (tertiary/aromatic N) is 1. The summed E-state index contributed by atoms with van der Waals surface area (Å²) in [4.78, 5) is 10.1. The summed E-state index contributed by atoms with van der Waals surface area (Å²) in [7, 11) is 0. The van der Waals surface area contributed by atoms with E-state index in [1.807, 2.05) is 0 Å². The van der Waals surface area contributed by atoms with Gasteiger partial charge >= 0.3 is 0 Å². The zero-order valence-electron chi connectivity index (χ0n) is 9.37. The van der Waals surface area contributed by atoms with Crippen LogP contribution < -0.4 is 5.32 Å². The third-order valence-electron chi connectivity index (χ3n) is 2.50. The number of nitro benzene ring substituents is 1. The molecule has 0 saturated carbocycles. The van der Waals surface area contributed by atoms with Gasteiger partial charge in [0.15, 0.2) is 0 Å². The largest absolute Gasteiger partial charge is 0.385 e. The SMILES string of the molecule is CCC(C)CNc1ccc([N+](=O)[O-])c(Cl)c1. The van der Waals surface area contributed by atoms with Crippen LogP contribution in [0, 0.1) is 16.0 Å². The number of nitro groups is 1. The summed E-state index contributed by atoms with van der Waals surface area (Å²) in [5, 5.41) is 13.9. The number of benzene rings is 1. The number of anilines is 1. The first-order chi connectivity index (χ1) is 7.54. The van der Waals surface area contributed by atoms with Crippen LogP contribution in [0.15, 0.2) is 18.2 Å². The van der Waals surface area contributed by atoms with E-state index in [0.717, 1.165) is 18.7 Å². The Kier molecular flexibility index (Phi) is 4.55. The Labute approximate surface area is 99.8 Å². The van der Waals surface area contributed by atoms with Gasteiger partial charge in [0.25, 0.3) is 5.69 Å². The first-order valence-electron chi connectivity index (χ1n) is 5.22. The molecule has 1 aromatic carbocycles. The van der Waals surface area contributed by atoms with E-state index >= 15 is 0 Å². The average Bonchev–Trinajstić information content (AvgIpc) is 2.25. The predicted molar refractivity (Wildman–Crippen MR) is 66.1 cm³/mol. The second-order valence-corrected chi connectivity index (χ2v) is 4.22. The number of halogens is 1. The van der Waals surface area contributed by atoms with Gasteiger partial charge in [0.05, 0.1) is 4.92 Å². The minimum absolute atomic E-state index is 0.0595. The number of nitrogens with one attached hydrogen (secondary N) is 1. The van der Waals surface area contributed by atoms with Gasteiger partial charge in [-0.25, -0.2) is 0 Å². The van der Waals surface area contributed by atoms with Crippen molar-refractivity contribution >= 4 is 23.0 Å². The second kappa shape index (κ2) is 5.70. The molecule has 0 amide bonds. The molecule has 0 spiro atoms. The maximum atomic E-state index is 10.5. The molecule has 0 aliphatic carbocycles. The van der Waals surface area contributed by atoms with E-state index in [0.29, 0.717) is 5.92 Å². The monoisotopic (exact) mass is 242 g/mol. The molecule has 0 aromatic heterocycles. The van der Waals surface area contributed by atoms with Crippen LogP contribution in [0.25, 0.3) is 0 Å². The first kappa shape index (κ1) is 12.8. The van der Waals surface area contributed by atoms with Crippen LogP contribution in [-0.4, -0.2) is 11.5 Å². The minimum atomic E-state index is -0.485. The molecule has 1 aromatic rings. The second-order valence-electron chi connectivity index (χ2n) is 3.82. The molecular formula is C11H15ClN2O2. The lowest BCUT2D eigenvalue weighted by Crippen LogP contribution is -2.10. The predicted octanol–water partition coefficient (Wildman–Crippen LogP) is 3.71. The van der Waals surface area contributed by atoms with Crippen LogP contribution in [0.2, 0.25) is 5.02 Å². The Morgan fingerprint density at radius 3 is 2.75 bits per heavy atom. The van der Waals surface area contributed by atoms with Crippen molar-refractivity contribution in [3.8, 4) is 0 Å². The number of hydrogen-bond donors (Lipinski definition) is 1. The zero-order valence-corrected chi connectivity index (χ0v) is 10.1. The van der Waals surface area contributed by atoms with E-state index in [2.05, 4.69) is 19.2 Å². The van der Waals surface area contributed by atoms with Crippen molar-refractivity contribution in [2.24, 2.45) is 5.92 Å². The van der Waals surface area contributed by atoms with Crippen molar-refractivity contribution in [3.05, 3.63) is 33.3 Å². The van der Waals surface area contributed by atoms with Crippen molar-refractivity contribution in [2.45, 2.75) is 20.3 Å². The van der Waals surface area contributed by atoms with Crippen molar-refractivity contribution in [2.75, 3.05) is 11.9 Å². The first-order valence-corrected chi connectivity index (χ1v) is 5.60. The van der Waals surface area contributed by atoms with Gasteiger partial charge < -0.3 is 5.32 Å². The van der Waals surface area contributed by atoms with Crippen LogP contribution >= 0.6 is 11.6 Å². The zero-order chi connectivity index (χ0) is 12.1. The van der Waals surface area contributed by atoms with Gasteiger partial charge in [-0.05, 0) is 18.1 Å². The van der Waals surface area contributed by atoms with Crippen LogP contribution in [0.1, 0.15) is 20.3 Å². The molecule has 0 radical (unpaired) electrons. The van der Waals surface area contributed by atoms with Crippen LogP contribution in [0.4, 0.5) is 11.4 Å². The molecule has 16 heavy (non-hydrogen) atoms. The highest BCUT2D eigenvalue weighted by Gasteiger charge is 2.11. The highest BCUT2D eigenvalue weighted by molar-refractivity contribution is 6.32. The summed E-state index contributed by atoms with van der Waals surface area (Å²) in [6.07, 6.45) is 1.09. The fourth-order valence-electron chi connectivity index (χ4n) is 1.20. The summed E-state index contributed by atoms with van der Waals surface area (Å²) in [5.41, 5.74) is 0.756. The number of hydrogen-bond acceptors (Lipinski definition) is 3. The van der Waals surface area contributed by atoms with Gasteiger partial charge in [-0.2, -0.15) is 0 Å². The molecule has 0 saturated heterocycles. The number of rotatable bonds is 5. The maximum Gasteiger partial charge on any atom is 0.288 e. The Morgan fingerprint density at radius 2 is 2.25 bits per heavy atom. The fourth-order valence-corrected chi connectivity index (χ4v) is 1.45. The molecule has 1 rings (SSSR count). The van der Waals surface area contributed by atoms with E-state index in [-0.39, 0.29) is 10.7 Å². The third kappa shape index (κ3) is 3.38. The average molecular weight is 243 g/mol. The van der Waals surface area contributed by atoms with Gasteiger partial charge in [0.1, 0.15) is 5.02 Å². The molecule has 0 aliphatic rings. The van der Waals surface area contributed by atoms with Crippen molar-refractivity contribution in [3.63, 3.8) is 0 Å². The summed E-state index contributed by atoms with van der Waals surface area (Å²) >= 11 is 5.79. The smallest absolute Gasteiger partial charge is 0.288 e. The van der Waals surface area contributed by atoms with Gasteiger partial charge in [-0.1, -0.05) is 31.9 Å². The quantitative estimate of drug-likeness (QED) is 0.633. The molecule has 1 atom stereocenters. The lowest BCUT2D eigenvalue weighted by atomic mass is 10.1. The molecule has 0 fully saturated rings. The molecule has 5 heteroatoms. The Bertz CT molecular complexity index is 382. The lowest BCUT2D eigenvalue weighted by molar-refractivity contribution is -0.384. The Balaban J connectivity index is 2.70. The van der Waals surface area contributed by atoms with E-state index in [4.69, 9.17) is 11.6 Å². The standard InChI is InChI=1S/C11H15ClN2O2/c1-3-8(2)7-13-9-4-5-11(14(15)16)10(12)6-9/h4-6,8,13H,3,7H2,1-2H3. The minimum Gasteiger partial charge on any atom is -0.385 e. The van der Waals surface area contributed by atoms with Crippen molar-refractivity contribution < 1.29 is 4.92 Å². The lowest BCUT2D eigenvalue weighted by Gasteiger charge is -2.11. The van der Waals surface area contributed by atoms with Gasteiger partial charge in [-0.15, -0.1) is 0 Å². The molecular weight excluding hydrogens is 228 g/mol. The molecule has 0 heterocycles. The van der Waals surface area contributed by atoms with Gasteiger partial charge in [-0.3, -0.25) is 10.1 Å². The summed E-state index contributed by atoms with van der Waals surface area (Å²) < 4.78 is 0. The Morgan fingerprint density at radius 1 is 1.56 bits per heavy atom. The molecule has 0 bridgehead atoms. The highest BCUT2D eigenvalue weighted by Crippen LogP contribution is 2.27. The van der Waals surface area contributed by atoms with Gasteiger partial charge in [0, 0.05) is 18.3 Å². The summed E-state index contributed by atoms with van der Waals surface area (Å²) in [6, 6.07) is 4.68. The van der Waals surface area contributed by atoms with Crippen molar-refractivity contribution in [1.29, 1.82) is 0 Å². The third-order valence-corrected chi connectivity index (χ3v) is 2.80. The van der Waals surface area contributed by atoms with E-state index in [1.165, 1.54) is 6.07 Å². The molecule has 88 valence electrons. The summed E-state index contributed by atoms with van der Waals surface area (Å²) in [6.45, 7) is 5.10. The van der Waals surface area contributed by atoms with E-state index in [1.54, 1.807) is 12.1 Å². The summed E-state index contributed by atoms with van der Waals surface area (Å²) in [5.74, 6) is 0.564. The van der Waals surface area contributed by atoms with Crippen LogP contribution in [0.3, 0.4) is 0 Å². The Hall–Kier alpha value is -1.29. The van der Waals surface area contributed by atoms with Crippen LogP contribution in [-0.2, 0) is 0 Å². The van der Waals surface area contributed by atoms with Crippen LogP contribution in [0.5, 0.6) is 0 Å². The normalized spacial score (nSPS) is 12.2. The molecule has 1 N–H and O–H groups in total.